The van der Waals surface area contributed by atoms with E-state index in [1.807, 2.05) is 26.0 Å². The van der Waals surface area contributed by atoms with Crippen molar-refractivity contribution in [3.63, 3.8) is 0 Å². The number of anilines is 1. The van der Waals surface area contributed by atoms with Gasteiger partial charge in [-0.2, -0.15) is 5.26 Å². The molecule has 8 heteroatoms. The highest BCUT2D eigenvalue weighted by Gasteiger charge is 2.16. The summed E-state index contributed by atoms with van der Waals surface area (Å²) >= 11 is 5.73. The molecule has 0 fully saturated rings. The highest BCUT2D eigenvalue weighted by molar-refractivity contribution is 6.30. The Morgan fingerprint density at radius 2 is 2.10 bits per heavy atom. The molecule has 0 atom stereocenters. The minimum absolute atomic E-state index is 0.174. The molecule has 0 aliphatic heterocycles. The van der Waals surface area contributed by atoms with Gasteiger partial charge in [-0.05, 0) is 49.6 Å². The molecule has 0 unspecified atom stereocenters. The first-order chi connectivity index (χ1) is 13.7. The Morgan fingerprint density at radius 3 is 2.69 bits per heavy atom. The van der Waals surface area contributed by atoms with E-state index in [-0.39, 0.29) is 11.4 Å². The van der Waals surface area contributed by atoms with Crippen LogP contribution in [-0.2, 0) is 20.9 Å². The fourth-order valence-corrected chi connectivity index (χ4v) is 2.86. The molecule has 2 rings (SSSR count). The molecule has 0 aliphatic rings. The second kappa shape index (κ2) is 9.89. The standard InChI is InChI=1S/C21H23ClN4O3/c1-13(2)11-26-14(3)7-16(15(26)4)8-17(9-23)21(28)29-12-20(27)25-19-6-5-18(22)10-24-19/h5-8,10,13H,11-12H2,1-4H3,(H,24,25,27)/b17-8-. The van der Waals surface area contributed by atoms with Crippen molar-refractivity contribution >= 4 is 35.4 Å². The van der Waals surface area contributed by atoms with E-state index in [2.05, 4.69) is 28.7 Å². The largest absolute Gasteiger partial charge is 0.451 e. The molecule has 0 aromatic carbocycles. The molecule has 0 aliphatic carbocycles. The van der Waals surface area contributed by atoms with Crippen LogP contribution >= 0.6 is 11.6 Å². The van der Waals surface area contributed by atoms with E-state index in [1.54, 1.807) is 6.07 Å². The second-order valence-corrected chi connectivity index (χ2v) is 7.42. The number of rotatable bonds is 7. The quantitative estimate of drug-likeness (QED) is 0.421. The molecule has 2 heterocycles. The van der Waals surface area contributed by atoms with Crippen LogP contribution in [0, 0.1) is 31.1 Å². The molecule has 29 heavy (non-hydrogen) atoms. The number of amides is 1. The van der Waals surface area contributed by atoms with Crippen LogP contribution in [0.25, 0.3) is 6.08 Å². The average molecular weight is 415 g/mol. The van der Waals surface area contributed by atoms with Crippen LogP contribution in [-0.4, -0.2) is 28.0 Å². The molecule has 0 spiro atoms. The van der Waals surface area contributed by atoms with Gasteiger partial charge in [0, 0.05) is 24.1 Å². The Kier molecular flexibility index (Phi) is 7.57. The van der Waals surface area contributed by atoms with Gasteiger partial charge in [0.1, 0.15) is 17.5 Å². The molecule has 1 amide bonds. The molecule has 0 saturated heterocycles. The molecule has 0 bridgehead atoms. The Labute approximate surface area is 174 Å². The summed E-state index contributed by atoms with van der Waals surface area (Å²) < 4.78 is 7.11. The van der Waals surface area contributed by atoms with Crippen molar-refractivity contribution in [3.05, 3.63) is 51.9 Å². The van der Waals surface area contributed by atoms with E-state index in [1.165, 1.54) is 18.3 Å². The van der Waals surface area contributed by atoms with Crippen LogP contribution in [0.2, 0.25) is 5.02 Å². The van der Waals surface area contributed by atoms with Crippen molar-refractivity contribution in [1.82, 2.24) is 9.55 Å². The lowest BCUT2D eigenvalue weighted by Gasteiger charge is -2.12. The number of aromatic nitrogens is 2. The smallest absolute Gasteiger partial charge is 0.349 e. The topological polar surface area (TPSA) is 97.0 Å². The molecular weight excluding hydrogens is 392 g/mol. The summed E-state index contributed by atoms with van der Waals surface area (Å²) in [7, 11) is 0. The fraction of sp³-hybridized carbons (Fsp3) is 0.333. The fourth-order valence-electron chi connectivity index (χ4n) is 2.75. The Balaban J connectivity index is 2.04. The third-order valence-corrected chi connectivity index (χ3v) is 4.35. The lowest BCUT2D eigenvalue weighted by Crippen LogP contribution is -2.21. The zero-order valence-corrected chi connectivity index (χ0v) is 17.6. The van der Waals surface area contributed by atoms with Gasteiger partial charge in [0.15, 0.2) is 6.61 Å². The minimum atomic E-state index is -0.861. The Morgan fingerprint density at radius 1 is 1.38 bits per heavy atom. The molecule has 152 valence electrons. The first kappa shape index (κ1) is 22.2. The number of hydrogen-bond donors (Lipinski definition) is 1. The van der Waals surface area contributed by atoms with Crippen LogP contribution in [0.15, 0.2) is 30.0 Å². The maximum absolute atomic E-state index is 12.2. The van der Waals surface area contributed by atoms with Crippen molar-refractivity contribution in [2.45, 2.75) is 34.2 Å². The van der Waals surface area contributed by atoms with E-state index in [4.69, 9.17) is 16.3 Å². The average Bonchev–Trinajstić information content (AvgIpc) is 2.93. The lowest BCUT2D eigenvalue weighted by molar-refractivity contribution is -0.142. The third-order valence-electron chi connectivity index (χ3n) is 4.13. The highest BCUT2D eigenvalue weighted by atomic mass is 35.5. The van der Waals surface area contributed by atoms with Crippen LogP contribution in [0.5, 0.6) is 0 Å². The monoisotopic (exact) mass is 414 g/mol. The number of hydrogen-bond acceptors (Lipinski definition) is 5. The van der Waals surface area contributed by atoms with E-state index in [0.29, 0.717) is 10.9 Å². The van der Waals surface area contributed by atoms with Crippen molar-refractivity contribution in [2.75, 3.05) is 11.9 Å². The number of aryl methyl sites for hydroxylation is 1. The predicted octanol–water partition coefficient (Wildman–Crippen LogP) is 3.90. The predicted molar refractivity (Wildman–Crippen MR) is 111 cm³/mol. The molecule has 2 aromatic heterocycles. The molecule has 0 radical (unpaired) electrons. The zero-order chi connectivity index (χ0) is 21.6. The highest BCUT2D eigenvalue weighted by Crippen LogP contribution is 2.20. The summed E-state index contributed by atoms with van der Waals surface area (Å²) in [4.78, 5) is 28.1. The second-order valence-electron chi connectivity index (χ2n) is 6.99. The van der Waals surface area contributed by atoms with Crippen molar-refractivity contribution in [1.29, 1.82) is 5.26 Å². The van der Waals surface area contributed by atoms with Crippen molar-refractivity contribution in [2.24, 2.45) is 5.92 Å². The Bertz CT molecular complexity index is 969. The number of carbonyl (C=O) groups is 2. The molecule has 2 aromatic rings. The first-order valence-electron chi connectivity index (χ1n) is 9.08. The van der Waals surface area contributed by atoms with Gasteiger partial charge in [0.2, 0.25) is 0 Å². The molecular formula is C21H23ClN4O3. The summed E-state index contributed by atoms with van der Waals surface area (Å²) in [5.74, 6) is -0.685. The lowest BCUT2D eigenvalue weighted by atomic mass is 10.1. The number of pyridine rings is 1. The van der Waals surface area contributed by atoms with Crippen molar-refractivity contribution < 1.29 is 14.3 Å². The number of carbonyl (C=O) groups excluding carboxylic acids is 2. The van der Waals surface area contributed by atoms with Gasteiger partial charge in [-0.25, -0.2) is 9.78 Å². The number of nitrogens with zero attached hydrogens (tertiary/aromatic N) is 3. The van der Waals surface area contributed by atoms with E-state index in [0.717, 1.165) is 23.5 Å². The van der Waals surface area contributed by atoms with Crippen LogP contribution < -0.4 is 5.32 Å². The van der Waals surface area contributed by atoms with Crippen molar-refractivity contribution in [3.8, 4) is 6.07 Å². The number of esters is 1. The summed E-state index contributed by atoms with van der Waals surface area (Å²) in [6.07, 6.45) is 2.87. The van der Waals surface area contributed by atoms with Gasteiger partial charge in [-0.3, -0.25) is 4.79 Å². The number of nitriles is 1. The molecule has 7 nitrogen and oxygen atoms in total. The van der Waals surface area contributed by atoms with Gasteiger partial charge in [0.05, 0.1) is 5.02 Å². The third kappa shape index (κ3) is 6.19. The first-order valence-corrected chi connectivity index (χ1v) is 9.46. The normalized spacial score (nSPS) is 11.3. The number of ether oxygens (including phenoxy) is 1. The van der Waals surface area contributed by atoms with E-state index < -0.39 is 18.5 Å². The van der Waals surface area contributed by atoms with Gasteiger partial charge in [-0.1, -0.05) is 25.4 Å². The molecule has 1 N–H and O–H groups in total. The van der Waals surface area contributed by atoms with E-state index >= 15 is 0 Å². The maximum atomic E-state index is 12.2. The summed E-state index contributed by atoms with van der Waals surface area (Å²) in [5, 5.41) is 12.3. The molecule has 0 saturated carbocycles. The van der Waals surface area contributed by atoms with Gasteiger partial charge in [-0.15, -0.1) is 0 Å². The van der Waals surface area contributed by atoms with Crippen LogP contribution in [0.3, 0.4) is 0 Å². The zero-order valence-electron chi connectivity index (χ0n) is 16.8. The minimum Gasteiger partial charge on any atom is -0.451 e. The Hall–Kier alpha value is -3.11. The summed E-state index contributed by atoms with van der Waals surface area (Å²) in [6.45, 7) is 8.47. The van der Waals surface area contributed by atoms with Gasteiger partial charge in [0.25, 0.3) is 5.91 Å². The number of nitrogens with one attached hydrogen (secondary N) is 1. The van der Waals surface area contributed by atoms with E-state index in [9.17, 15) is 14.9 Å². The van der Waals surface area contributed by atoms with Crippen LogP contribution in [0.4, 0.5) is 5.82 Å². The van der Waals surface area contributed by atoms with Crippen LogP contribution in [0.1, 0.15) is 30.8 Å². The SMILES string of the molecule is Cc1cc(/C=C(/C#N)C(=O)OCC(=O)Nc2ccc(Cl)cn2)c(C)n1CC(C)C. The maximum Gasteiger partial charge on any atom is 0.349 e. The van der Waals surface area contributed by atoms with Gasteiger partial charge >= 0.3 is 5.97 Å². The van der Waals surface area contributed by atoms with Gasteiger partial charge < -0.3 is 14.6 Å². The summed E-state index contributed by atoms with van der Waals surface area (Å²) in [5.41, 5.74) is 2.60. The number of halogens is 1. The summed E-state index contributed by atoms with van der Waals surface area (Å²) in [6, 6.07) is 6.86.